The molecular weight excluding hydrogens is 268 g/mol. The summed E-state index contributed by atoms with van der Waals surface area (Å²) in [5.74, 6) is -1.40. The first-order valence-corrected chi connectivity index (χ1v) is 7.04. The molecule has 0 aliphatic carbocycles. The molecule has 5 heteroatoms. The van der Waals surface area contributed by atoms with Crippen LogP contribution in [-0.2, 0) is 9.59 Å². The van der Waals surface area contributed by atoms with E-state index in [9.17, 15) is 14.7 Å². The minimum Gasteiger partial charge on any atom is -0.393 e. The summed E-state index contributed by atoms with van der Waals surface area (Å²) in [6.45, 7) is 7.93. The Kier molecular flexibility index (Phi) is 5.90. The highest BCUT2D eigenvalue weighted by atomic mass is 16.3. The lowest BCUT2D eigenvalue weighted by Gasteiger charge is -2.25. The molecule has 0 aromatic heterocycles. The lowest BCUT2D eigenvalue weighted by Crippen LogP contribution is -2.38. The van der Waals surface area contributed by atoms with Crippen LogP contribution in [0.5, 0.6) is 0 Å². The molecule has 2 amide bonds. The van der Waals surface area contributed by atoms with E-state index in [1.165, 1.54) is 0 Å². The third kappa shape index (κ3) is 5.95. The SMILES string of the molecule is Cc1cccc(NC(=O)C(=O)NCCC(O)C(C)(C)C)c1. The van der Waals surface area contributed by atoms with E-state index in [1.807, 2.05) is 39.8 Å². The molecule has 1 aromatic rings. The molecule has 0 heterocycles. The van der Waals surface area contributed by atoms with Crippen molar-refractivity contribution in [2.45, 2.75) is 40.2 Å². The summed E-state index contributed by atoms with van der Waals surface area (Å²) in [5.41, 5.74) is 1.35. The van der Waals surface area contributed by atoms with Gasteiger partial charge < -0.3 is 15.7 Å². The maximum absolute atomic E-state index is 11.7. The van der Waals surface area contributed by atoms with Crippen molar-refractivity contribution in [2.75, 3.05) is 11.9 Å². The van der Waals surface area contributed by atoms with Crippen LogP contribution in [0.2, 0.25) is 0 Å². The highest BCUT2D eigenvalue weighted by Gasteiger charge is 2.22. The fourth-order valence-corrected chi connectivity index (χ4v) is 1.75. The first-order valence-electron chi connectivity index (χ1n) is 7.04. The van der Waals surface area contributed by atoms with Gasteiger partial charge in [0.2, 0.25) is 0 Å². The van der Waals surface area contributed by atoms with Gasteiger partial charge in [-0.1, -0.05) is 32.9 Å². The lowest BCUT2D eigenvalue weighted by atomic mass is 9.87. The molecule has 5 nitrogen and oxygen atoms in total. The van der Waals surface area contributed by atoms with Crippen LogP contribution >= 0.6 is 0 Å². The second-order valence-electron chi connectivity index (χ2n) is 6.25. The van der Waals surface area contributed by atoms with Crippen LogP contribution in [-0.4, -0.2) is 29.6 Å². The molecule has 0 spiro atoms. The summed E-state index contributed by atoms with van der Waals surface area (Å²) < 4.78 is 0. The van der Waals surface area contributed by atoms with Crippen LogP contribution < -0.4 is 10.6 Å². The molecule has 0 radical (unpaired) electrons. The zero-order valence-corrected chi connectivity index (χ0v) is 13.1. The van der Waals surface area contributed by atoms with Crippen molar-refractivity contribution in [1.29, 1.82) is 0 Å². The van der Waals surface area contributed by atoms with Crippen molar-refractivity contribution >= 4 is 17.5 Å². The third-order valence-corrected chi connectivity index (χ3v) is 3.19. The van der Waals surface area contributed by atoms with Gasteiger partial charge in [0.1, 0.15) is 0 Å². The van der Waals surface area contributed by atoms with Gasteiger partial charge in [-0.05, 0) is 36.5 Å². The van der Waals surface area contributed by atoms with E-state index in [2.05, 4.69) is 10.6 Å². The van der Waals surface area contributed by atoms with Gasteiger partial charge in [0.15, 0.2) is 0 Å². The van der Waals surface area contributed by atoms with Gasteiger partial charge in [0, 0.05) is 12.2 Å². The van der Waals surface area contributed by atoms with Gasteiger partial charge in [-0.2, -0.15) is 0 Å². The number of anilines is 1. The Balaban J connectivity index is 2.40. The molecule has 0 fully saturated rings. The van der Waals surface area contributed by atoms with Crippen molar-refractivity contribution in [3.8, 4) is 0 Å². The number of carbonyl (C=O) groups excluding carboxylic acids is 2. The van der Waals surface area contributed by atoms with E-state index < -0.39 is 17.9 Å². The molecule has 1 rings (SSSR count). The highest BCUT2D eigenvalue weighted by Crippen LogP contribution is 2.20. The molecule has 3 N–H and O–H groups in total. The Morgan fingerprint density at radius 2 is 1.90 bits per heavy atom. The average molecular weight is 292 g/mol. The molecule has 0 aliphatic heterocycles. The zero-order valence-electron chi connectivity index (χ0n) is 13.1. The maximum atomic E-state index is 11.7. The minimum absolute atomic E-state index is 0.242. The second kappa shape index (κ2) is 7.22. The van der Waals surface area contributed by atoms with Crippen molar-refractivity contribution in [3.63, 3.8) is 0 Å². The maximum Gasteiger partial charge on any atom is 0.313 e. The van der Waals surface area contributed by atoms with Crippen LogP contribution in [0.15, 0.2) is 24.3 Å². The van der Waals surface area contributed by atoms with E-state index in [0.717, 1.165) is 5.56 Å². The summed E-state index contributed by atoms with van der Waals surface area (Å²) in [5, 5.41) is 14.9. The summed E-state index contributed by atoms with van der Waals surface area (Å²) in [6.07, 6.45) is -0.120. The fraction of sp³-hybridized carbons (Fsp3) is 0.500. The number of benzene rings is 1. The minimum atomic E-state index is -0.703. The van der Waals surface area contributed by atoms with Crippen LogP contribution in [0.1, 0.15) is 32.8 Å². The molecule has 116 valence electrons. The third-order valence-electron chi connectivity index (χ3n) is 3.19. The average Bonchev–Trinajstić information content (AvgIpc) is 2.37. The number of aryl methyl sites for hydroxylation is 1. The molecule has 0 aliphatic rings. The van der Waals surface area contributed by atoms with Crippen molar-refractivity contribution in [3.05, 3.63) is 29.8 Å². The summed E-state index contributed by atoms with van der Waals surface area (Å²) >= 11 is 0. The monoisotopic (exact) mass is 292 g/mol. The van der Waals surface area contributed by atoms with E-state index in [4.69, 9.17) is 0 Å². The predicted molar refractivity (Wildman–Crippen MR) is 82.9 cm³/mol. The van der Waals surface area contributed by atoms with Crippen LogP contribution in [0, 0.1) is 12.3 Å². The molecule has 0 saturated carbocycles. The van der Waals surface area contributed by atoms with E-state index >= 15 is 0 Å². The number of amides is 2. The molecular formula is C16H24N2O3. The van der Waals surface area contributed by atoms with Crippen molar-refractivity contribution < 1.29 is 14.7 Å². The molecule has 1 unspecified atom stereocenters. The van der Waals surface area contributed by atoms with Gasteiger partial charge in [-0.25, -0.2) is 0 Å². The number of hydrogen-bond donors (Lipinski definition) is 3. The van der Waals surface area contributed by atoms with Crippen LogP contribution in [0.4, 0.5) is 5.69 Å². The summed E-state index contributed by atoms with van der Waals surface area (Å²) in [7, 11) is 0. The standard InChI is InChI=1S/C16H24N2O3/c1-11-6-5-7-12(10-11)18-15(21)14(20)17-9-8-13(19)16(2,3)4/h5-7,10,13,19H,8-9H2,1-4H3,(H,17,20)(H,18,21). The first-order chi connectivity index (χ1) is 9.70. The summed E-state index contributed by atoms with van der Waals surface area (Å²) in [6, 6.07) is 7.22. The van der Waals surface area contributed by atoms with E-state index in [1.54, 1.807) is 12.1 Å². The Bertz CT molecular complexity index is 506. The molecule has 1 atom stereocenters. The largest absolute Gasteiger partial charge is 0.393 e. The Morgan fingerprint density at radius 3 is 2.48 bits per heavy atom. The molecule has 1 aromatic carbocycles. The van der Waals surface area contributed by atoms with Gasteiger partial charge in [0.25, 0.3) is 0 Å². The number of aliphatic hydroxyl groups is 1. The predicted octanol–water partition coefficient (Wildman–Crippen LogP) is 1.85. The van der Waals surface area contributed by atoms with Gasteiger partial charge in [0.05, 0.1) is 6.10 Å². The zero-order chi connectivity index (χ0) is 16.0. The smallest absolute Gasteiger partial charge is 0.313 e. The van der Waals surface area contributed by atoms with Crippen molar-refractivity contribution in [1.82, 2.24) is 5.32 Å². The van der Waals surface area contributed by atoms with E-state index in [0.29, 0.717) is 12.1 Å². The molecule has 0 bridgehead atoms. The van der Waals surface area contributed by atoms with Crippen LogP contribution in [0.25, 0.3) is 0 Å². The molecule has 0 saturated heterocycles. The topological polar surface area (TPSA) is 78.4 Å². The van der Waals surface area contributed by atoms with E-state index in [-0.39, 0.29) is 12.0 Å². The fourth-order valence-electron chi connectivity index (χ4n) is 1.75. The quantitative estimate of drug-likeness (QED) is 0.741. The Morgan fingerprint density at radius 1 is 1.24 bits per heavy atom. The number of rotatable bonds is 4. The number of aliphatic hydroxyl groups excluding tert-OH is 1. The molecule has 21 heavy (non-hydrogen) atoms. The van der Waals surface area contributed by atoms with Gasteiger partial charge in [-0.15, -0.1) is 0 Å². The number of nitrogens with one attached hydrogen (secondary N) is 2. The van der Waals surface area contributed by atoms with Gasteiger partial charge >= 0.3 is 11.8 Å². The van der Waals surface area contributed by atoms with Crippen molar-refractivity contribution in [2.24, 2.45) is 5.41 Å². The highest BCUT2D eigenvalue weighted by molar-refractivity contribution is 6.39. The number of carbonyl (C=O) groups is 2. The normalized spacial score (nSPS) is 12.6. The van der Waals surface area contributed by atoms with Gasteiger partial charge in [-0.3, -0.25) is 9.59 Å². The second-order valence-corrected chi connectivity index (χ2v) is 6.25. The Hall–Kier alpha value is -1.88. The number of hydrogen-bond acceptors (Lipinski definition) is 3. The Labute approximate surface area is 125 Å². The summed E-state index contributed by atoms with van der Waals surface area (Å²) in [4.78, 5) is 23.4. The lowest BCUT2D eigenvalue weighted by molar-refractivity contribution is -0.136. The van der Waals surface area contributed by atoms with Crippen LogP contribution in [0.3, 0.4) is 0 Å². The first kappa shape index (κ1) is 17.2.